The molecule has 2 unspecified atom stereocenters. The van der Waals surface area contributed by atoms with E-state index in [9.17, 15) is 0 Å². The Bertz CT molecular complexity index is 398. The van der Waals surface area contributed by atoms with Crippen LogP contribution in [0.1, 0.15) is 43.7 Å². The number of likely N-dealkylation sites (N-methyl/N-ethyl adjacent to an activating group) is 1. The SMILES string of the molecule is Cc1ccc(CN(C)CC2(N)CCCC(C)C2)cc1. The van der Waals surface area contributed by atoms with Crippen molar-refractivity contribution < 1.29 is 0 Å². The van der Waals surface area contributed by atoms with Crippen molar-refractivity contribution in [1.82, 2.24) is 4.90 Å². The van der Waals surface area contributed by atoms with E-state index in [2.05, 4.69) is 50.1 Å². The average Bonchev–Trinajstić information content (AvgIpc) is 2.31. The fraction of sp³-hybridized carbons (Fsp3) is 0.647. The van der Waals surface area contributed by atoms with Gasteiger partial charge in [0.2, 0.25) is 0 Å². The quantitative estimate of drug-likeness (QED) is 0.899. The molecule has 0 bridgehead atoms. The number of benzene rings is 1. The summed E-state index contributed by atoms with van der Waals surface area (Å²) in [4.78, 5) is 2.38. The minimum atomic E-state index is 0.0249. The van der Waals surface area contributed by atoms with Crippen molar-refractivity contribution in [1.29, 1.82) is 0 Å². The smallest absolute Gasteiger partial charge is 0.0285 e. The van der Waals surface area contributed by atoms with Gasteiger partial charge in [-0.3, -0.25) is 0 Å². The van der Waals surface area contributed by atoms with Crippen molar-refractivity contribution >= 4 is 0 Å². The topological polar surface area (TPSA) is 29.3 Å². The number of rotatable bonds is 4. The predicted octanol–water partition coefficient (Wildman–Crippen LogP) is 3.33. The third-order valence-electron chi connectivity index (χ3n) is 4.28. The monoisotopic (exact) mass is 260 g/mol. The lowest BCUT2D eigenvalue weighted by atomic mass is 9.77. The first-order valence-electron chi connectivity index (χ1n) is 7.50. The molecule has 1 aliphatic carbocycles. The van der Waals surface area contributed by atoms with Crippen LogP contribution >= 0.6 is 0 Å². The van der Waals surface area contributed by atoms with Crippen molar-refractivity contribution in [3.05, 3.63) is 35.4 Å². The molecule has 1 saturated carbocycles. The van der Waals surface area contributed by atoms with Gasteiger partial charge in [-0.25, -0.2) is 0 Å². The Balaban J connectivity index is 1.89. The molecule has 1 aliphatic rings. The van der Waals surface area contributed by atoms with Gasteiger partial charge in [0.25, 0.3) is 0 Å². The Morgan fingerprint density at radius 2 is 2.00 bits per heavy atom. The van der Waals surface area contributed by atoms with E-state index in [0.29, 0.717) is 0 Å². The normalized spacial score (nSPS) is 27.7. The van der Waals surface area contributed by atoms with Gasteiger partial charge in [0.05, 0.1) is 0 Å². The number of hydrogen-bond donors (Lipinski definition) is 1. The lowest BCUT2D eigenvalue weighted by Crippen LogP contribution is -2.51. The van der Waals surface area contributed by atoms with Crippen LogP contribution in [0.25, 0.3) is 0 Å². The van der Waals surface area contributed by atoms with Crippen LogP contribution in [0.4, 0.5) is 0 Å². The van der Waals surface area contributed by atoms with Crippen LogP contribution in [0, 0.1) is 12.8 Å². The summed E-state index contributed by atoms with van der Waals surface area (Å²) in [6.07, 6.45) is 4.98. The Labute approximate surface area is 118 Å². The van der Waals surface area contributed by atoms with Gasteiger partial charge >= 0.3 is 0 Å². The van der Waals surface area contributed by atoms with E-state index in [4.69, 9.17) is 5.73 Å². The molecule has 2 N–H and O–H groups in total. The molecule has 0 radical (unpaired) electrons. The largest absolute Gasteiger partial charge is 0.324 e. The molecule has 1 aromatic rings. The van der Waals surface area contributed by atoms with E-state index in [0.717, 1.165) is 19.0 Å². The van der Waals surface area contributed by atoms with Crippen LogP contribution in [0.3, 0.4) is 0 Å². The van der Waals surface area contributed by atoms with Crippen LogP contribution in [0.2, 0.25) is 0 Å². The maximum atomic E-state index is 6.59. The maximum Gasteiger partial charge on any atom is 0.0285 e. The summed E-state index contributed by atoms with van der Waals surface area (Å²) in [5.74, 6) is 0.784. The van der Waals surface area contributed by atoms with Crippen LogP contribution in [0.15, 0.2) is 24.3 Å². The van der Waals surface area contributed by atoms with E-state index < -0.39 is 0 Å². The molecule has 2 rings (SSSR count). The molecule has 0 aromatic heterocycles. The van der Waals surface area contributed by atoms with Crippen molar-refractivity contribution in [3.8, 4) is 0 Å². The zero-order valence-electron chi connectivity index (χ0n) is 12.7. The van der Waals surface area contributed by atoms with Crippen LogP contribution in [-0.2, 0) is 6.54 Å². The van der Waals surface area contributed by atoms with Gasteiger partial charge in [0.1, 0.15) is 0 Å². The summed E-state index contributed by atoms with van der Waals surface area (Å²) in [5.41, 5.74) is 9.31. The van der Waals surface area contributed by atoms with Gasteiger partial charge in [0.15, 0.2) is 0 Å². The molecule has 106 valence electrons. The predicted molar refractivity (Wildman–Crippen MR) is 82.1 cm³/mol. The first-order valence-corrected chi connectivity index (χ1v) is 7.50. The lowest BCUT2D eigenvalue weighted by Gasteiger charge is -2.39. The van der Waals surface area contributed by atoms with E-state index in [1.807, 2.05) is 0 Å². The Morgan fingerprint density at radius 1 is 1.32 bits per heavy atom. The molecule has 0 heterocycles. The minimum Gasteiger partial charge on any atom is -0.324 e. The van der Waals surface area contributed by atoms with Crippen LogP contribution in [0.5, 0.6) is 0 Å². The molecule has 0 aliphatic heterocycles. The van der Waals surface area contributed by atoms with Crippen LogP contribution < -0.4 is 5.73 Å². The number of nitrogens with zero attached hydrogens (tertiary/aromatic N) is 1. The highest BCUT2D eigenvalue weighted by atomic mass is 15.1. The molecule has 1 aromatic carbocycles. The van der Waals surface area contributed by atoms with Crippen molar-refractivity contribution in [2.45, 2.75) is 51.6 Å². The summed E-state index contributed by atoms with van der Waals surface area (Å²) in [5, 5.41) is 0. The standard InChI is InChI=1S/C17H28N2/c1-14-6-8-16(9-7-14)12-19(3)13-17(18)10-4-5-15(2)11-17/h6-9,15H,4-5,10-13,18H2,1-3H3. The number of hydrogen-bond acceptors (Lipinski definition) is 2. The molecule has 1 fully saturated rings. The second kappa shape index (κ2) is 6.06. The van der Waals surface area contributed by atoms with Gasteiger partial charge in [-0.15, -0.1) is 0 Å². The third-order valence-corrected chi connectivity index (χ3v) is 4.28. The van der Waals surface area contributed by atoms with Crippen molar-refractivity contribution in [2.75, 3.05) is 13.6 Å². The van der Waals surface area contributed by atoms with Gasteiger partial charge in [-0.2, -0.15) is 0 Å². The van der Waals surface area contributed by atoms with Crippen molar-refractivity contribution in [3.63, 3.8) is 0 Å². The van der Waals surface area contributed by atoms with E-state index in [-0.39, 0.29) is 5.54 Å². The minimum absolute atomic E-state index is 0.0249. The van der Waals surface area contributed by atoms with Gasteiger partial charge in [-0.1, -0.05) is 49.6 Å². The van der Waals surface area contributed by atoms with Gasteiger partial charge < -0.3 is 10.6 Å². The first-order chi connectivity index (χ1) is 8.97. The molecule has 2 atom stereocenters. The summed E-state index contributed by atoms with van der Waals surface area (Å²) in [6, 6.07) is 8.81. The lowest BCUT2D eigenvalue weighted by molar-refractivity contribution is 0.165. The van der Waals surface area contributed by atoms with E-state index >= 15 is 0 Å². The fourth-order valence-corrected chi connectivity index (χ4v) is 3.44. The molecule has 2 heteroatoms. The zero-order valence-corrected chi connectivity index (χ0v) is 12.7. The van der Waals surface area contributed by atoms with Crippen LogP contribution in [-0.4, -0.2) is 24.0 Å². The van der Waals surface area contributed by atoms with Crippen molar-refractivity contribution in [2.24, 2.45) is 11.7 Å². The molecule has 0 amide bonds. The van der Waals surface area contributed by atoms with E-state index in [1.165, 1.54) is 36.8 Å². The molecular weight excluding hydrogens is 232 g/mol. The van der Waals surface area contributed by atoms with E-state index in [1.54, 1.807) is 0 Å². The maximum absolute atomic E-state index is 6.59. The third kappa shape index (κ3) is 4.32. The zero-order chi connectivity index (χ0) is 13.9. The van der Waals surface area contributed by atoms with Gasteiger partial charge in [0, 0.05) is 18.6 Å². The summed E-state index contributed by atoms with van der Waals surface area (Å²) >= 11 is 0. The summed E-state index contributed by atoms with van der Waals surface area (Å²) < 4.78 is 0. The second-order valence-electron chi connectivity index (χ2n) is 6.72. The summed E-state index contributed by atoms with van der Waals surface area (Å²) in [6.45, 7) is 6.46. The highest BCUT2D eigenvalue weighted by Crippen LogP contribution is 2.31. The first kappa shape index (κ1) is 14.5. The number of aryl methyl sites for hydroxylation is 1. The molecule has 2 nitrogen and oxygen atoms in total. The number of nitrogens with two attached hydrogens (primary N) is 1. The second-order valence-corrected chi connectivity index (χ2v) is 6.72. The fourth-order valence-electron chi connectivity index (χ4n) is 3.44. The molecule has 0 saturated heterocycles. The molecule has 0 spiro atoms. The highest BCUT2D eigenvalue weighted by Gasteiger charge is 2.31. The highest BCUT2D eigenvalue weighted by molar-refractivity contribution is 5.21. The average molecular weight is 260 g/mol. The Hall–Kier alpha value is -0.860. The Morgan fingerprint density at radius 3 is 2.63 bits per heavy atom. The van der Waals surface area contributed by atoms with Gasteiger partial charge in [-0.05, 0) is 38.3 Å². The molecular formula is C17H28N2. The summed E-state index contributed by atoms with van der Waals surface area (Å²) in [7, 11) is 2.19. The molecule has 19 heavy (non-hydrogen) atoms. The Kier molecular flexibility index (Phi) is 4.64.